The molecule has 0 fully saturated rings. The Morgan fingerprint density at radius 2 is 2.28 bits per heavy atom. The molecule has 0 N–H and O–H groups in total. The van der Waals surface area contributed by atoms with E-state index in [0.29, 0.717) is 16.9 Å². The monoisotopic (exact) mass is 241 g/mol. The number of Topliss-reactive ketones (excluding diaryl/α,β-unsaturated/α-hetero) is 1. The largest absolute Gasteiger partial charge is 0.497 e. The Morgan fingerprint density at radius 3 is 2.89 bits per heavy atom. The van der Waals surface area contributed by atoms with E-state index < -0.39 is 5.92 Å². The molecule has 0 aliphatic heterocycles. The van der Waals surface area contributed by atoms with Crippen molar-refractivity contribution in [3.8, 4) is 11.8 Å². The fourth-order valence-corrected chi connectivity index (χ4v) is 1.68. The molecule has 0 radical (unpaired) electrons. The van der Waals surface area contributed by atoms with Gasteiger partial charge in [-0.3, -0.25) is 4.79 Å². The van der Waals surface area contributed by atoms with E-state index in [4.69, 9.17) is 9.15 Å². The third kappa shape index (κ3) is 2.25. The Hall–Kier alpha value is -2.54. The van der Waals surface area contributed by atoms with Crippen LogP contribution in [0.2, 0.25) is 0 Å². The molecule has 0 saturated heterocycles. The summed E-state index contributed by atoms with van der Waals surface area (Å²) in [5.74, 6) is -0.509. The maximum Gasteiger partial charge on any atom is 0.187 e. The quantitative estimate of drug-likeness (QED) is 0.772. The molecule has 18 heavy (non-hydrogen) atoms. The predicted molar refractivity (Wildman–Crippen MR) is 64.4 cm³/mol. The number of furan rings is 1. The summed E-state index contributed by atoms with van der Waals surface area (Å²) in [5.41, 5.74) is 1.01. The van der Waals surface area contributed by atoms with Crippen LogP contribution in [0.1, 0.15) is 21.8 Å². The molecule has 4 nitrogen and oxygen atoms in total. The second kappa shape index (κ2) is 5.19. The first kappa shape index (κ1) is 11.9. The van der Waals surface area contributed by atoms with Crippen molar-refractivity contribution in [1.82, 2.24) is 0 Å². The minimum Gasteiger partial charge on any atom is -0.497 e. The zero-order chi connectivity index (χ0) is 13.0. The molecule has 1 heterocycles. The number of hydrogen-bond donors (Lipinski definition) is 0. The first-order valence-corrected chi connectivity index (χ1v) is 5.36. The average Bonchev–Trinajstić information content (AvgIpc) is 2.93. The SMILES string of the molecule is COc1cccc(C(C#N)C(=O)c2ccoc2)c1. The first-order valence-electron chi connectivity index (χ1n) is 5.36. The van der Waals surface area contributed by atoms with Crippen molar-refractivity contribution in [2.45, 2.75) is 5.92 Å². The molecule has 0 amide bonds. The van der Waals surface area contributed by atoms with Gasteiger partial charge in [0.1, 0.15) is 17.9 Å². The number of ether oxygens (including phenoxy) is 1. The van der Waals surface area contributed by atoms with Crippen LogP contribution in [-0.4, -0.2) is 12.9 Å². The van der Waals surface area contributed by atoms with Crippen LogP contribution in [0.3, 0.4) is 0 Å². The molecular weight excluding hydrogens is 230 g/mol. The van der Waals surface area contributed by atoms with Gasteiger partial charge in [0.15, 0.2) is 5.78 Å². The normalized spacial score (nSPS) is 11.6. The van der Waals surface area contributed by atoms with Gasteiger partial charge >= 0.3 is 0 Å². The van der Waals surface area contributed by atoms with Gasteiger partial charge in [0.2, 0.25) is 0 Å². The van der Waals surface area contributed by atoms with E-state index in [-0.39, 0.29) is 5.78 Å². The van der Waals surface area contributed by atoms with Crippen molar-refractivity contribution >= 4 is 5.78 Å². The van der Waals surface area contributed by atoms with Crippen molar-refractivity contribution in [1.29, 1.82) is 5.26 Å². The molecule has 1 aromatic heterocycles. The Labute approximate surface area is 104 Å². The van der Waals surface area contributed by atoms with E-state index in [1.54, 1.807) is 37.4 Å². The molecule has 0 saturated carbocycles. The molecule has 1 unspecified atom stereocenters. The number of carbonyl (C=O) groups excluding carboxylic acids is 1. The van der Waals surface area contributed by atoms with Crippen LogP contribution in [0.15, 0.2) is 47.3 Å². The summed E-state index contributed by atoms with van der Waals surface area (Å²) in [5, 5.41) is 9.17. The maximum atomic E-state index is 12.1. The highest BCUT2D eigenvalue weighted by atomic mass is 16.5. The minimum absolute atomic E-state index is 0.278. The van der Waals surface area contributed by atoms with Crippen LogP contribution >= 0.6 is 0 Å². The van der Waals surface area contributed by atoms with E-state index in [9.17, 15) is 10.1 Å². The molecule has 1 atom stereocenters. The summed E-state index contributed by atoms with van der Waals surface area (Å²) < 4.78 is 9.94. The van der Waals surface area contributed by atoms with Gasteiger partial charge in [-0.2, -0.15) is 5.26 Å². The third-order valence-corrected chi connectivity index (χ3v) is 2.62. The van der Waals surface area contributed by atoms with E-state index in [0.717, 1.165) is 0 Å². The average molecular weight is 241 g/mol. The van der Waals surface area contributed by atoms with Crippen LogP contribution in [0, 0.1) is 11.3 Å². The first-order chi connectivity index (χ1) is 8.76. The number of rotatable bonds is 4. The second-order valence-corrected chi connectivity index (χ2v) is 3.72. The maximum absolute atomic E-state index is 12.1. The van der Waals surface area contributed by atoms with Crippen LogP contribution in [0.5, 0.6) is 5.75 Å². The van der Waals surface area contributed by atoms with Crippen LogP contribution in [-0.2, 0) is 0 Å². The fraction of sp³-hybridized carbons (Fsp3) is 0.143. The third-order valence-electron chi connectivity index (χ3n) is 2.62. The van der Waals surface area contributed by atoms with Crippen molar-refractivity contribution in [2.75, 3.05) is 7.11 Å². The lowest BCUT2D eigenvalue weighted by atomic mass is 9.93. The zero-order valence-corrected chi connectivity index (χ0v) is 9.79. The van der Waals surface area contributed by atoms with E-state index in [1.807, 2.05) is 6.07 Å². The summed E-state index contributed by atoms with van der Waals surface area (Å²) in [6.45, 7) is 0. The highest BCUT2D eigenvalue weighted by molar-refractivity contribution is 6.02. The Balaban J connectivity index is 2.34. The lowest BCUT2D eigenvalue weighted by molar-refractivity contribution is 0.0978. The second-order valence-electron chi connectivity index (χ2n) is 3.72. The van der Waals surface area contributed by atoms with Crippen LogP contribution in [0.25, 0.3) is 0 Å². The Morgan fingerprint density at radius 1 is 1.44 bits per heavy atom. The smallest absolute Gasteiger partial charge is 0.187 e. The number of carbonyl (C=O) groups is 1. The van der Waals surface area contributed by atoms with Crippen molar-refractivity contribution in [3.63, 3.8) is 0 Å². The standard InChI is InChI=1S/C14H11NO3/c1-17-12-4-2-3-10(7-12)13(8-15)14(16)11-5-6-18-9-11/h2-7,9,13H,1H3. The molecule has 0 aliphatic carbocycles. The topological polar surface area (TPSA) is 63.2 Å². The predicted octanol–water partition coefficient (Wildman–Crippen LogP) is 2.78. The number of methoxy groups -OCH3 is 1. The summed E-state index contributed by atoms with van der Waals surface area (Å²) in [4.78, 5) is 12.1. The lowest BCUT2D eigenvalue weighted by Gasteiger charge is -2.08. The van der Waals surface area contributed by atoms with E-state index >= 15 is 0 Å². The molecule has 90 valence electrons. The summed E-state index contributed by atoms with van der Waals surface area (Å²) in [6.07, 6.45) is 2.75. The molecule has 2 aromatic rings. The number of nitriles is 1. The van der Waals surface area contributed by atoms with Crippen LogP contribution in [0.4, 0.5) is 0 Å². The van der Waals surface area contributed by atoms with Crippen LogP contribution < -0.4 is 4.74 Å². The number of ketones is 1. The molecule has 0 bridgehead atoms. The van der Waals surface area contributed by atoms with Gasteiger partial charge in [-0.1, -0.05) is 12.1 Å². The number of hydrogen-bond acceptors (Lipinski definition) is 4. The highest BCUT2D eigenvalue weighted by Crippen LogP contribution is 2.24. The van der Waals surface area contributed by atoms with Gasteiger partial charge < -0.3 is 9.15 Å². The van der Waals surface area contributed by atoms with Crippen molar-refractivity contribution in [3.05, 3.63) is 54.0 Å². The van der Waals surface area contributed by atoms with Gasteiger partial charge in [0, 0.05) is 0 Å². The molecule has 0 spiro atoms. The van der Waals surface area contributed by atoms with E-state index in [2.05, 4.69) is 0 Å². The number of benzene rings is 1. The van der Waals surface area contributed by atoms with Gasteiger partial charge in [0.05, 0.1) is 25.0 Å². The summed E-state index contributed by atoms with van der Waals surface area (Å²) in [6, 6.07) is 10.5. The number of nitrogens with zero attached hydrogens (tertiary/aromatic N) is 1. The summed E-state index contributed by atoms with van der Waals surface area (Å²) >= 11 is 0. The highest BCUT2D eigenvalue weighted by Gasteiger charge is 2.22. The molecule has 1 aromatic carbocycles. The molecular formula is C14H11NO3. The summed E-state index contributed by atoms with van der Waals surface area (Å²) in [7, 11) is 1.54. The van der Waals surface area contributed by atoms with Gasteiger partial charge in [0.25, 0.3) is 0 Å². The fourth-order valence-electron chi connectivity index (χ4n) is 1.68. The Kier molecular flexibility index (Phi) is 3.44. The molecule has 4 heteroatoms. The van der Waals surface area contributed by atoms with Gasteiger partial charge in [-0.25, -0.2) is 0 Å². The molecule has 0 aliphatic rings. The van der Waals surface area contributed by atoms with Crippen molar-refractivity contribution < 1.29 is 13.9 Å². The van der Waals surface area contributed by atoms with Gasteiger partial charge in [-0.15, -0.1) is 0 Å². The van der Waals surface area contributed by atoms with Gasteiger partial charge in [-0.05, 0) is 23.8 Å². The minimum atomic E-state index is -0.849. The lowest BCUT2D eigenvalue weighted by Crippen LogP contribution is -2.10. The van der Waals surface area contributed by atoms with E-state index in [1.165, 1.54) is 12.5 Å². The Bertz CT molecular complexity index is 581. The van der Waals surface area contributed by atoms with Crippen molar-refractivity contribution in [2.24, 2.45) is 0 Å². The zero-order valence-electron chi connectivity index (χ0n) is 9.79. The molecule has 2 rings (SSSR count).